The number of benzene rings is 1. The number of nitrogens with one attached hydrogen (secondary N) is 2. The number of hydrogen-bond donors (Lipinski definition) is 2. The summed E-state index contributed by atoms with van der Waals surface area (Å²) in [7, 11) is 1.78. The van der Waals surface area contributed by atoms with Crippen molar-refractivity contribution in [1.29, 1.82) is 0 Å². The van der Waals surface area contributed by atoms with Crippen molar-refractivity contribution in [3.8, 4) is 5.75 Å². The number of aliphatic imine (C=N–C) groups is 1. The Hall–Kier alpha value is -0.990. The molecule has 1 aliphatic rings. The van der Waals surface area contributed by atoms with E-state index in [1.165, 1.54) is 5.57 Å². The fourth-order valence-electron chi connectivity index (χ4n) is 2.55. The van der Waals surface area contributed by atoms with Crippen LogP contribution in [-0.4, -0.2) is 45.4 Å². The quantitative estimate of drug-likeness (QED) is 0.249. The molecule has 0 saturated carbocycles. The fourth-order valence-corrected chi connectivity index (χ4v) is 2.73. The van der Waals surface area contributed by atoms with Crippen LogP contribution in [-0.2, 0) is 4.74 Å². The predicted molar refractivity (Wildman–Crippen MR) is 119 cm³/mol. The number of ether oxygens (including phenoxy) is 2. The molecule has 5 nitrogen and oxygen atoms in total. The third-order valence-electron chi connectivity index (χ3n) is 4.10. The van der Waals surface area contributed by atoms with Crippen LogP contribution in [0.4, 0.5) is 0 Å². The maximum atomic E-state index is 6.16. The van der Waals surface area contributed by atoms with Crippen LogP contribution in [0.3, 0.4) is 0 Å². The topological polar surface area (TPSA) is 54.9 Å². The van der Waals surface area contributed by atoms with Crippen molar-refractivity contribution < 1.29 is 9.47 Å². The molecule has 26 heavy (non-hydrogen) atoms. The molecule has 0 amide bonds. The highest BCUT2D eigenvalue weighted by Crippen LogP contribution is 2.24. The average Bonchev–Trinajstić information content (AvgIpc) is 2.65. The molecule has 0 fully saturated rings. The van der Waals surface area contributed by atoms with Gasteiger partial charge in [0.2, 0.25) is 0 Å². The van der Waals surface area contributed by atoms with E-state index in [4.69, 9.17) is 21.1 Å². The van der Waals surface area contributed by atoms with Crippen molar-refractivity contribution >= 4 is 41.5 Å². The molecule has 2 rings (SSSR count). The van der Waals surface area contributed by atoms with Crippen molar-refractivity contribution in [2.75, 3.05) is 33.4 Å². The lowest BCUT2D eigenvalue weighted by Gasteiger charge is -2.21. The lowest BCUT2D eigenvalue weighted by molar-refractivity contribution is 0.153. The van der Waals surface area contributed by atoms with E-state index in [1.54, 1.807) is 7.05 Å². The Balaban J connectivity index is 0.00000338. The van der Waals surface area contributed by atoms with E-state index in [9.17, 15) is 0 Å². The minimum absolute atomic E-state index is 0. The molecule has 1 unspecified atom stereocenters. The zero-order valence-corrected chi connectivity index (χ0v) is 18.6. The molecule has 0 aliphatic carbocycles. The van der Waals surface area contributed by atoms with Gasteiger partial charge in [-0.2, -0.15) is 0 Å². The molecule has 1 atom stereocenters. The van der Waals surface area contributed by atoms with Crippen LogP contribution in [0, 0.1) is 0 Å². The predicted octanol–water partition coefficient (Wildman–Crippen LogP) is 4.02. The zero-order chi connectivity index (χ0) is 17.9. The van der Waals surface area contributed by atoms with Crippen LogP contribution in [0.15, 0.2) is 40.9 Å². The summed E-state index contributed by atoms with van der Waals surface area (Å²) >= 11 is 6.16. The Morgan fingerprint density at radius 1 is 1.35 bits per heavy atom. The van der Waals surface area contributed by atoms with Crippen molar-refractivity contribution in [1.82, 2.24) is 10.6 Å². The fraction of sp³-hybridized carbons (Fsp3) is 0.526. The van der Waals surface area contributed by atoms with E-state index in [-0.39, 0.29) is 30.1 Å². The second-order valence-electron chi connectivity index (χ2n) is 5.90. The monoisotopic (exact) mass is 493 g/mol. The van der Waals surface area contributed by atoms with Gasteiger partial charge in [0.25, 0.3) is 0 Å². The first kappa shape index (κ1) is 23.0. The summed E-state index contributed by atoms with van der Waals surface area (Å²) in [6, 6.07) is 7.54. The smallest absolute Gasteiger partial charge is 0.191 e. The highest BCUT2D eigenvalue weighted by atomic mass is 127. The van der Waals surface area contributed by atoms with Crippen LogP contribution in [0.5, 0.6) is 5.75 Å². The molecule has 0 aromatic heterocycles. The van der Waals surface area contributed by atoms with Crippen LogP contribution in [0.25, 0.3) is 0 Å². The lowest BCUT2D eigenvalue weighted by atomic mass is 10.1. The highest BCUT2D eigenvalue weighted by Gasteiger charge is 2.11. The van der Waals surface area contributed by atoms with Crippen molar-refractivity contribution in [2.24, 2.45) is 4.99 Å². The molecule has 0 saturated heterocycles. The third kappa shape index (κ3) is 8.14. The maximum absolute atomic E-state index is 6.16. The van der Waals surface area contributed by atoms with E-state index >= 15 is 0 Å². The minimum Gasteiger partial charge on any atom is -0.487 e. The average molecular weight is 494 g/mol. The first-order valence-corrected chi connectivity index (χ1v) is 9.22. The van der Waals surface area contributed by atoms with Gasteiger partial charge in [0, 0.05) is 13.6 Å². The van der Waals surface area contributed by atoms with E-state index in [0.717, 1.165) is 45.0 Å². The molecule has 0 spiro atoms. The molecule has 146 valence electrons. The van der Waals surface area contributed by atoms with Gasteiger partial charge < -0.3 is 20.1 Å². The summed E-state index contributed by atoms with van der Waals surface area (Å²) in [6.45, 7) is 5.18. The Morgan fingerprint density at radius 3 is 2.81 bits per heavy atom. The molecular weight excluding hydrogens is 465 g/mol. The van der Waals surface area contributed by atoms with Gasteiger partial charge in [0.15, 0.2) is 5.96 Å². The van der Waals surface area contributed by atoms with Gasteiger partial charge >= 0.3 is 0 Å². The normalized spacial score (nSPS) is 15.5. The second-order valence-corrected chi connectivity index (χ2v) is 6.30. The molecule has 0 radical (unpaired) electrons. The third-order valence-corrected chi connectivity index (χ3v) is 4.41. The largest absolute Gasteiger partial charge is 0.487 e. The van der Waals surface area contributed by atoms with E-state index in [0.29, 0.717) is 17.3 Å². The Morgan fingerprint density at radius 2 is 2.15 bits per heavy atom. The summed E-state index contributed by atoms with van der Waals surface area (Å²) in [5.41, 5.74) is 1.45. The van der Waals surface area contributed by atoms with Crippen LogP contribution in [0.2, 0.25) is 5.02 Å². The van der Waals surface area contributed by atoms with Gasteiger partial charge in [-0.05, 0) is 31.4 Å². The minimum atomic E-state index is 0. The van der Waals surface area contributed by atoms with Crippen molar-refractivity contribution in [2.45, 2.75) is 32.3 Å². The van der Waals surface area contributed by atoms with Gasteiger partial charge in [-0.3, -0.25) is 4.99 Å². The van der Waals surface area contributed by atoms with Crippen LogP contribution < -0.4 is 15.4 Å². The summed E-state index contributed by atoms with van der Waals surface area (Å²) < 4.78 is 11.3. The number of hydrogen-bond acceptors (Lipinski definition) is 3. The van der Waals surface area contributed by atoms with Crippen LogP contribution in [0.1, 0.15) is 26.2 Å². The summed E-state index contributed by atoms with van der Waals surface area (Å²) in [5.74, 6) is 1.50. The standard InChI is InChI=1S/C19H28ClN3O2.HI/c1-3-16(25-18-7-5-4-6-17(18)20)14-23-19(21-2)22-11-8-15-9-12-24-13-10-15;/h4-7,9,16H,3,8,10-14H2,1-2H3,(H2,21,22,23);1H. The first-order chi connectivity index (χ1) is 12.2. The number of guanidine groups is 1. The zero-order valence-electron chi connectivity index (χ0n) is 15.5. The van der Waals surface area contributed by atoms with E-state index < -0.39 is 0 Å². The molecule has 1 aromatic rings. The molecule has 1 aliphatic heterocycles. The Kier molecular flexibility index (Phi) is 11.7. The van der Waals surface area contributed by atoms with Crippen molar-refractivity contribution in [3.63, 3.8) is 0 Å². The number of para-hydroxylation sites is 1. The number of nitrogens with zero attached hydrogens (tertiary/aromatic N) is 1. The van der Waals surface area contributed by atoms with Gasteiger partial charge in [-0.25, -0.2) is 0 Å². The van der Waals surface area contributed by atoms with Gasteiger partial charge in [0.05, 0.1) is 24.8 Å². The Labute approximate surface area is 178 Å². The van der Waals surface area contributed by atoms with E-state index in [1.807, 2.05) is 24.3 Å². The summed E-state index contributed by atoms with van der Waals surface area (Å²) in [5, 5.41) is 7.30. The SMILES string of the molecule is CCC(CNC(=NC)NCCC1=CCOCC1)Oc1ccccc1Cl.I. The number of rotatable bonds is 8. The highest BCUT2D eigenvalue weighted by molar-refractivity contribution is 14.0. The molecular formula is C19H29ClIN3O2. The summed E-state index contributed by atoms with van der Waals surface area (Å²) in [4.78, 5) is 4.27. The van der Waals surface area contributed by atoms with Crippen molar-refractivity contribution in [3.05, 3.63) is 40.9 Å². The molecule has 2 N–H and O–H groups in total. The lowest BCUT2D eigenvalue weighted by Crippen LogP contribution is -2.42. The molecule has 7 heteroatoms. The Bertz CT molecular complexity index is 596. The second kappa shape index (κ2) is 13.2. The molecule has 1 aromatic carbocycles. The number of halogens is 2. The van der Waals surface area contributed by atoms with Gasteiger partial charge in [-0.15, -0.1) is 24.0 Å². The van der Waals surface area contributed by atoms with Gasteiger partial charge in [-0.1, -0.05) is 42.3 Å². The van der Waals surface area contributed by atoms with Gasteiger partial charge in [0.1, 0.15) is 11.9 Å². The molecule has 0 bridgehead atoms. The van der Waals surface area contributed by atoms with E-state index in [2.05, 4.69) is 28.6 Å². The molecule has 1 heterocycles. The summed E-state index contributed by atoms with van der Waals surface area (Å²) in [6.07, 6.45) is 5.11. The first-order valence-electron chi connectivity index (χ1n) is 8.84. The van der Waals surface area contributed by atoms with Crippen LogP contribution >= 0.6 is 35.6 Å². The maximum Gasteiger partial charge on any atom is 0.191 e.